The quantitative estimate of drug-likeness (QED) is 0.213. The first-order valence-electron chi connectivity index (χ1n) is 10.8. The van der Waals surface area contributed by atoms with Gasteiger partial charge in [-0.05, 0) is 72.5 Å². The number of carbonyl (C=O) groups excluding carboxylic acids is 1. The fraction of sp³-hybridized carbons (Fsp3) is 0.185. The second-order valence-corrected chi connectivity index (χ2v) is 9.31. The number of hydrogen-bond donors (Lipinski definition) is 0. The van der Waals surface area contributed by atoms with Crippen LogP contribution in [0.3, 0.4) is 0 Å². The number of hydrogen-bond acceptors (Lipinski definition) is 5. The van der Waals surface area contributed by atoms with Gasteiger partial charge in [0.1, 0.15) is 24.7 Å². The van der Waals surface area contributed by atoms with Gasteiger partial charge in [0.15, 0.2) is 4.32 Å². The highest BCUT2D eigenvalue weighted by Crippen LogP contribution is 2.36. The van der Waals surface area contributed by atoms with Crippen LogP contribution in [0.5, 0.6) is 11.5 Å². The van der Waals surface area contributed by atoms with Crippen LogP contribution in [-0.4, -0.2) is 23.4 Å². The third-order valence-corrected chi connectivity index (χ3v) is 6.41. The minimum Gasteiger partial charge on any atom is -0.490 e. The molecule has 168 valence electrons. The van der Waals surface area contributed by atoms with E-state index in [1.54, 1.807) is 4.90 Å². The minimum atomic E-state index is -0.111. The van der Waals surface area contributed by atoms with Gasteiger partial charge < -0.3 is 9.47 Å². The molecule has 1 saturated heterocycles. The molecular weight excluding hydrogens is 450 g/mol. The van der Waals surface area contributed by atoms with Gasteiger partial charge in [-0.15, -0.1) is 0 Å². The van der Waals surface area contributed by atoms with E-state index < -0.39 is 0 Å². The Morgan fingerprint density at radius 1 is 0.939 bits per heavy atom. The first kappa shape index (κ1) is 23.1. The summed E-state index contributed by atoms with van der Waals surface area (Å²) < 4.78 is 12.3. The van der Waals surface area contributed by atoms with Crippen molar-refractivity contribution in [1.29, 1.82) is 0 Å². The van der Waals surface area contributed by atoms with E-state index in [0.29, 0.717) is 22.4 Å². The molecule has 1 aliphatic rings. The van der Waals surface area contributed by atoms with E-state index in [4.69, 9.17) is 21.7 Å². The number of thioether (sulfide) groups is 1. The summed E-state index contributed by atoms with van der Waals surface area (Å²) in [5.41, 5.74) is 4.11. The highest BCUT2D eigenvalue weighted by molar-refractivity contribution is 8.27. The van der Waals surface area contributed by atoms with Crippen LogP contribution in [0.2, 0.25) is 0 Å². The molecule has 0 radical (unpaired) electrons. The third kappa shape index (κ3) is 5.83. The molecule has 0 unspecified atom stereocenters. The zero-order chi connectivity index (χ0) is 23.2. The molecule has 0 atom stereocenters. The van der Waals surface area contributed by atoms with Crippen molar-refractivity contribution in [2.24, 2.45) is 0 Å². The van der Waals surface area contributed by atoms with Crippen LogP contribution in [0, 0.1) is 6.92 Å². The average molecular weight is 476 g/mol. The number of amides is 1. The van der Waals surface area contributed by atoms with Crippen molar-refractivity contribution in [3.8, 4) is 11.5 Å². The van der Waals surface area contributed by atoms with E-state index in [-0.39, 0.29) is 5.91 Å². The summed E-state index contributed by atoms with van der Waals surface area (Å²) in [6.45, 7) is 5.08. The molecule has 3 aromatic rings. The van der Waals surface area contributed by atoms with Gasteiger partial charge >= 0.3 is 0 Å². The molecule has 0 aliphatic carbocycles. The van der Waals surface area contributed by atoms with Crippen molar-refractivity contribution < 1.29 is 14.3 Å². The lowest BCUT2D eigenvalue weighted by atomic mass is 10.1. The predicted molar refractivity (Wildman–Crippen MR) is 140 cm³/mol. The van der Waals surface area contributed by atoms with E-state index >= 15 is 0 Å². The van der Waals surface area contributed by atoms with Gasteiger partial charge in [0.25, 0.3) is 5.91 Å². The Hall–Kier alpha value is -3.09. The van der Waals surface area contributed by atoms with E-state index in [2.05, 4.69) is 26.0 Å². The predicted octanol–water partition coefficient (Wildman–Crippen LogP) is 6.42. The van der Waals surface area contributed by atoms with E-state index in [1.165, 1.54) is 22.9 Å². The van der Waals surface area contributed by atoms with Crippen molar-refractivity contribution in [2.45, 2.75) is 20.3 Å². The Labute approximate surface area is 204 Å². The first-order chi connectivity index (χ1) is 16.0. The second-order valence-electron chi connectivity index (χ2n) is 7.63. The molecule has 0 aromatic heterocycles. The summed E-state index contributed by atoms with van der Waals surface area (Å²) in [6.07, 6.45) is 2.83. The summed E-state index contributed by atoms with van der Waals surface area (Å²) in [5.74, 6) is 1.48. The zero-order valence-electron chi connectivity index (χ0n) is 18.6. The van der Waals surface area contributed by atoms with Crippen LogP contribution in [0.4, 0.5) is 5.69 Å². The van der Waals surface area contributed by atoms with Gasteiger partial charge in [-0.2, -0.15) is 0 Å². The second kappa shape index (κ2) is 10.7. The number of carbonyl (C=O) groups is 1. The Kier molecular flexibility index (Phi) is 7.47. The minimum absolute atomic E-state index is 0.111. The van der Waals surface area contributed by atoms with Gasteiger partial charge in [0, 0.05) is 0 Å². The summed E-state index contributed by atoms with van der Waals surface area (Å²) in [6, 6.07) is 23.4. The molecule has 1 amide bonds. The van der Waals surface area contributed by atoms with Crippen molar-refractivity contribution in [3.63, 3.8) is 0 Å². The van der Waals surface area contributed by atoms with E-state index in [0.717, 1.165) is 29.2 Å². The lowest BCUT2D eigenvalue weighted by molar-refractivity contribution is -0.113. The van der Waals surface area contributed by atoms with Crippen molar-refractivity contribution in [3.05, 3.63) is 94.4 Å². The lowest BCUT2D eigenvalue weighted by Crippen LogP contribution is -2.27. The van der Waals surface area contributed by atoms with Gasteiger partial charge in [-0.1, -0.05) is 67.3 Å². The summed E-state index contributed by atoms with van der Waals surface area (Å²) in [4.78, 5) is 15.1. The number of para-hydroxylation sites is 1. The normalized spacial score (nSPS) is 14.7. The Morgan fingerprint density at radius 3 is 2.45 bits per heavy atom. The van der Waals surface area contributed by atoms with Crippen LogP contribution in [0.15, 0.2) is 77.7 Å². The van der Waals surface area contributed by atoms with Crippen LogP contribution in [0.25, 0.3) is 6.08 Å². The molecule has 4 nitrogen and oxygen atoms in total. The number of ether oxygens (including phenoxy) is 2. The third-order valence-electron chi connectivity index (χ3n) is 5.10. The smallest absolute Gasteiger partial charge is 0.270 e. The summed E-state index contributed by atoms with van der Waals surface area (Å²) in [7, 11) is 0. The summed E-state index contributed by atoms with van der Waals surface area (Å²) >= 11 is 6.75. The van der Waals surface area contributed by atoms with E-state index in [9.17, 15) is 4.79 Å². The maximum atomic E-state index is 12.9. The molecule has 0 saturated carbocycles. The fourth-order valence-electron chi connectivity index (χ4n) is 3.54. The largest absolute Gasteiger partial charge is 0.490 e. The molecule has 1 heterocycles. The average Bonchev–Trinajstić information content (AvgIpc) is 3.09. The lowest BCUT2D eigenvalue weighted by Gasteiger charge is -2.13. The van der Waals surface area contributed by atoms with E-state index in [1.807, 2.05) is 66.7 Å². The Bertz CT molecular complexity index is 1190. The highest BCUT2D eigenvalue weighted by atomic mass is 32.2. The number of anilines is 1. The van der Waals surface area contributed by atoms with Crippen molar-refractivity contribution >= 4 is 46.0 Å². The number of thiocarbonyl (C=S) groups is 1. The fourth-order valence-corrected chi connectivity index (χ4v) is 4.84. The number of benzene rings is 3. The molecule has 3 aromatic carbocycles. The number of nitrogens with zero attached hydrogens (tertiary/aromatic N) is 1. The van der Waals surface area contributed by atoms with Crippen LogP contribution >= 0.6 is 24.0 Å². The van der Waals surface area contributed by atoms with Gasteiger partial charge in [0.05, 0.1) is 10.6 Å². The Morgan fingerprint density at radius 2 is 1.70 bits per heavy atom. The molecule has 6 heteroatoms. The maximum Gasteiger partial charge on any atom is 0.270 e. The van der Waals surface area contributed by atoms with Crippen LogP contribution < -0.4 is 14.4 Å². The van der Waals surface area contributed by atoms with Crippen molar-refractivity contribution in [2.75, 3.05) is 18.1 Å². The van der Waals surface area contributed by atoms with Crippen LogP contribution in [-0.2, 0) is 11.2 Å². The standard InChI is InChI=1S/C27H25NO3S2/c1-3-20-14-19(2)15-24(16-20)31-13-12-30-23-11-7-8-21(17-23)18-25-26(29)28(27(32)33-25)22-9-5-4-6-10-22/h4-11,14-18H,3,12-13H2,1-2H3/b25-18-. The highest BCUT2D eigenvalue weighted by Gasteiger charge is 2.33. The van der Waals surface area contributed by atoms with Gasteiger partial charge in [-0.3, -0.25) is 9.69 Å². The SMILES string of the molecule is CCc1cc(C)cc(OCCOc2cccc(/C=C3\SC(=S)N(c4ccccc4)C3=O)c2)c1. The summed E-state index contributed by atoms with van der Waals surface area (Å²) in [5, 5.41) is 0. The molecule has 0 N–H and O–H groups in total. The van der Waals surface area contributed by atoms with Crippen molar-refractivity contribution in [1.82, 2.24) is 0 Å². The van der Waals surface area contributed by atoms with Gasteiger partial charge in [0.2, 0.25) is 0 Å². The molecule has 1 aliphatic heterocycles. The molecule has 4 rings (SSSR count). The molecule has 33 heavy (non-hydrogen) atoms. The molecule has 0 spiro atoms. The van der Waals surface area contributed by atoms with Gasteiger partial charge in [-0.25, -0.2) is 0 Å². The molecule has 1 fully saturated rings. The topological polar surface area (TPSA) is 38.8 Å². The molecule has 0 bridgehead atoms. The molecular formula is C27H25NO3S2. The number of aryl methyl sites for hydroxylation is 2. The maximum absolute atomic E-state index is 12.9. The Balaban J connectivity index is 1.37. The van der Waals surface area contributed by atoms with Crippen LogP contribution in [0.1, 0.15) is 23.6 Å². The monoisotopic (exact) mass is 475 g/mol. The number of rotatable bonds is 8. The zero-order valence-corrected chi connectivity index (χ0v) is 20.2. The first-order valence-corrected chi connectivity index (χ1v) is 12.0.